The molecule has 18 heavy (non-hydrogen) atoms. The van der Waals surface area contributed by atoms with Crippen LogP contribution in [0.3, 0.4) is 0 Å². The van der Waals surface area contributed by atoms with Gasteiger partial charge in [0.1, 0.15) is 0 Å². The van der Waals surface area contributed by atoms with Gasteiger partial charge in [-0.05, 0) is 65.0 Å². The Morgan fingerprint density at radius 3 is 2.78 bits per heavy atom. The molecule has 3 fully saturated rings. The molecule has 0 bridgehead atoms. The first kappa shape index (κ1) is 12.9. The average Bonchev–Trinajstić information content (AvgIpc) is 3.12. The first-order valence-electron chi connectivity index (χ1n) is 7.80. The van der Waals surface area contributed by atoms with Crippen molar-refractivity contribution < 1.29 is 4.74 Å². The van der Waals surface area contributed by atoms with Crippen LogP contribution in [-0.4, -0.2) is 48.8 Å². The van der Waals surface area contributed by atoms with Gasteiger partial charge < -0.3 is 10.1 Å². The molecule has 0 aromatic heterocycles. The Labute approximate surface area is 111 Å². The van der Waals surface area contributed by atoms with Gasteiger partial charge in [-0.1, -0.05) is 0 Å². The number of ether oxygens (including phenoxy) is 1. The Kier molecular flexibility index (Phi) is 3.65. The van der Waals surface area contributed by atoms with Gasteiger partial charge in [0, 0.05) is 24.7 Å². The fourth-order valence-electron chi connectivity index (χ4n) is 3.77. The molecule has 104 valence electrons. The smallest absolute Gasteiger partial charge is 0.0728 e. The second kappa shape index (κ2) is 5.10. The molecular formula is C15H28N2O. The van der Waals surface area contributed by atoms with E-state index in [0.717, 1.165) is 12.5 Å². The second-order valence-electron chi connectivity index (χ2n) is 6.73. The minimum atomic E-state index is 0.351. The molecule has 0 aromatic rings. The van der Waals surface area contributed by atoms with Crippen molar-refractivity contribution >= 4 is 0 Å². The van der Waals surface area contributed by atoms with Crippen molar-refractivity contribution in [2.24, 2.45) is 5.92 Å². The lowest BCUT2D eigenvalue weighted by Crippen LogP contribution is -2.54. The molecule has 3 rings (SSSR count). The molecule has 0 amide bonds. The number of rotatable bonds is 3. The van der Waals surface area contributed by atoms with E-state index in [1.807, 2.05) is 0 Å². The maximum Gasteiger partial charge on any atom is 0.0728 e. The predicted octanol–water partition coefficient (Wildman–Crippen LogP) is 2.02. The summed E-state index contributed by atoms with van der Waals surface area (Å²) in [5.41, 5.74) is 0.351. The summed E-state index contributed by atoms with van der Waals surface area (Å²) in [6.45, 7) is 9.40. The van der Waals surface area contributed by atoms with Gasteiger partial charge >= 0.3 is 0 Å². The average molecular weight is 252 g/mol. The van der Waals surface area contributed by atoms with Gasteiger partial charge in [-0.2, -0.15) is 0 Å². The number of hydrogen-bond acceptors (Lipinski definition) is 3. The lowest BCUT2D eigenvalue weighted by Gasteiger charge is -2.38. The van der Waals surface area contributed by atoms with E-state index in [0.29, 0.717) is 17.7 Å². The maximum absolute atomic E-state index is 5.89. The summed E-state index contributed by atoms with van der Waals surface area (Å²) in [6, 6.07) is 0.588. The van der Waals surface area contributed by atoms with Crippen LogP contribution < -0.4 is 5.32 Å². The van der Waals surface area contributed by atoms with E-state index in [1.165, 1.54) is 51.7 Å². The van der Waals surface area contributed by atoms with E-state index in [9.17, 15) is 0 Å². The Morgan fingerprint density at radius 1 is 1.28 bits per heavy atom. The maximum atomic E-state index is 5.89. The zero-order valence-electron chi connectivity index (χ0n) is 12.0. The van der Waals surface area contributed by atoms with Crippen LogP contribution in [0.4, 0.5) is 0 Å². The minimum Gasteiger partial charge on any atom is -0.377 e. The number of nitrogens with one attached hydrogen (secondary N) is 1. The normalized spacial score (nSPS) is 40.7. The van der Waals surface area contributed by atoms with Crippen molar-refractivity contribution in [3.8, 4) is 0 Å². The third-order valence-corrected chi connectivity index (χ3v) is 5.24. The fraction of sp³-hybridized carbons (Fsp3) is 1.00. The predicted molar refractivity (Wildman–Crippen MR) is 73.8 cm³/mol. The molecule has 0 spiro atoms. The van der Waals surface area contributed by atoms with Crippen LogP contribution >= 0.6 is 0 Å². The largest absolute Gasteiger partial charge is 0.377 e. The highest BCUT2D eigenvalue weighted by Gasteiger charge is 2.44. The van der Waals surface area contributed by atoms with Crippen LogP contribution in [0.1, 0.15) is 46.0 Å². The van der Waals surface area contributed by atoms with Crippen molar-refractivity contribution in [2.45, 2.75) is 63.6 Å². The quantitative estimate of drug-likeness (QED) is 0.831. The summed E-state index contributed by atoms with van der Waals surface area (Å²) in [7, 11) is 0. The first-order valence-corrected chi connectivity index (χ1v) is 7.80. The van der Waals surface area contributed by atoms with Gasteiger partial charge in [-0.25, -0.2) is 0 Å². The highest BCUT2D eigenvalue weighted by molar-refractivity contribution is 5.02. The van der Waals surface area contributed by atoms with Gasteiger partial charge in [-0.15, -0.1) is 0 Å². The molecule has 3 atom stereocenters. The molecule has 3 nitrogen and oxygen atoms in total. The number of nitrogens with zero attached hydrogens (tertiary/aromatic N) is 1. The van der Waals surface area contributed by atoms with Gasteiger partial charge in [-0.3, -0.25) is 4.90 Å². The molecule has 0 radical (unpaired) electrons. The molecule has 2 saturated heterocycles. The van der Waals surface area contributed by atoms with Crippen molar-refractivity contribution in [1.82, 2.24) is 10.2 Å². The first-order chi connectivity index (χ1) is 8.69. The van der Waals surface area contributed by atoms with Crippen molar-refractivity contribution in [2.75, 3.05) is 26.2 Å². The van der Waals surface area contributed by atoms with Gasteiger partial charge in [0.25, 0.3) is 0 Å². The zero-order valence-corrected chi connectivity index (χ0v) is 12.0. The van der Waals surface area contributed by atoms with Gasteiger partial charge in [0.2, 0.25) is 0 Å². The lowest BCUT2D eigenvalue weighted by molar-refractivity contribution is 0.0236. The van der Waals surface area contributed by atoms with E-state index in [4.69, 9.17) is 4.74 Å². The van der Waals surface area contributed by atoms with Crippen molar-refractivity contribution in [3.05, 3.63) is 0 Å². The summed E-state index contributed by atoms with van der Waals surface area (Å²) < 4.78 is 5.89. The lowest BCUT2D eigenvalue weighted by atomic mass is 9.94. The summed E-state index contributed by atoms with van der Waals surface area (Å²) >= 11 is 0. The molecule has 1 N–H and O–H groups in total. The molecule has 0 aromatic carbocycles. The molecule has 3 unspecified atom stereocenters. The highest BCUT2D eigenvalue weighted by atomic mass is 16.5. The van der Waals surface area contributed by atoms with Gasteiger partial charge in [0.15, 0.2) is 0 Å². The van der Waals surface area contributed by atoms with E-state index in [2.05, 4.69) is 24.1 Å². The van der Waals surface area contributed by atoms with E-state index >= 15 is 0 Å². The highest BCUT2D eigenvalue weighted by Crippen LogP contribution is 2.41. The fourth-order valence-corrected chi connectivity index (χ4v) is 3.77. The molecular weight excluding hydrogens is 224 g/mol. The van der Waals surface area contributed by atoms with Crippen LogP contribution in [0.5, 0.6) is 0 Å². The van der Waals surface area contributed by atoms with Crippen LogP contribution in [-0.2, 0) is 4.74 Å². The van der Waals surface area contributed by atoms with Gasteiger partial charge in [0.05, 0.1) is 6.10 Å². The SMILES string of the molecule is CC(C1CCCO1)N1CCCNC(C)(C2CC2)C1. The standard InChI is InChI=1S/C15H28N2O/c1-12(14-5-3-10-18-14)17-9-4-8-16-15(2,11-17)13-6-7-13/h12-14,16H,3-11H2,1-2H3. The molecule has 3 heteroatoms. The third-order valence-electron chi connectivity index (χ3n) is 5.24. The Morgan fingerprint density at radius 2 is 2.11 bits per heavy atom. The summed E-state index contributed by atoms with van der Waals surface area (Å²) in [5, 5.41) is 3.81. The Bertz CT molecular complexity index is 286. The van der Waals surface area contributed by atoms with Crippen LogP contribution in [0, 0.1) is 5.92 Å². The van der Waals surface area contributed by atoms with Crippen LogP contribution in [0.15, 0.2) is 0 Å². The zero-order chi connectivity index (χ0) is 12.6. The van der Waals surface area contributed by atoms with Crippen LogP contribution in [0.2, 0.25) is 0 Å². The van der Waals surface area contributed by atoms with E-state index in [-0.39, 0.29) is 0 Å². The topological polar surface area (TPSA) is 24.5 Å². The number of hydrogen-bond donors (Lipinski definition) is 1. The van der Waals surface area contributed by atoms with Crippen molar-refractivity contribution in [1.29, 1.82) is 0 Å². The third kappa shape index (κ3) is 2.59. The molecule has 2 heterocycles. The summed E-state index contributed by atoms with van der Waals surface area (Å²) in [4.78, 5) is 2.69. The Hall–Kier alpha value is -0.120. The minimum absolute atomic E-state index is 0.351. The van der Waals surface area contributed by atoms with E-state index < -0.39 is 0 Å². The summed E-state index contributed by atoms with van der Waals surface area (Å²) in [5.74, 6) is 0.912. The molecule has 2 aliphatic heterocycles. The van der Waals surface area contributed by atoms with Crippen molar-refractivity contribution in [3.63, 3.8) is 0 Å². The molecule has 1 aliphatic carbocycles. The van der Waals surface area contributed by atoms with E-state index in [1.54, 1.807) is 0 Å². The molecule has 1 saturated carbocycles. The monoisotopic (exact) mass is 252 g/mol. The Balaban J connectivity index is 1.66. The summed E-state index contributed by atoms with van der Waals surface area (Å²) in [6.07, 6.45) is 7.11. The molecule has 3 aliphatic rings. The second-order valence-corrected chi connectivity index (χ2v) is 6.73. The van der Waals surface area contributed by atoms with Crippen LogP contribution in [0.25, 0.3) is 0 Å².